The van der Waals surface area contributed by atoms with E-state index in [9.17, 15) is 13.2 Å². The number of aromatic nitrogens is 1. The van der Waals surface area contributed by atoms with Crippen molar-refractivity contribution >= 4 is 5.82 Å². The van der Waals surface area contributed by atoms with Gasteiger partial charge in [0, 0.05) is 18.8 Å². The SMILES string of the molecule is CC(N)CCCNc1ncccc1C(F)(F)F. The zero-order valence-corrected chi connectivity index (χ0v) is 9.59. The fraction of sp³-hybridized carbons (Fsp3) is 0.545. The van der Waals surface area contributed by atoms with E-state index < -0.39 is 11.7 Å². The molecule has 1 aromatic rings. The number of nitrogens with zero attached hydrogens (tertiary/aromatic N) is 1. The molecule has 0 aliphatic rings. The number of pyridine rings is 1. The van der Waals surface area contributed by atoms with Crippen molar-refractivity contribution in [3.8, 4) is 0 Å². The Kier molecular flexibility index (Phi) is 4.74. The first-order valence-electron chi connectivity index (χ1n) is 5.43. The lowest BCUT2D eigenvalue weighted by atomic mass is 10.2. The van der Waals surface area contributed by atoms with Crippen LogP contribution in [0.2, 0.25) is 0 Å². The molecule has 1 atom stereocenters. The highest BCUT2D eigenvalue weighted by Crippen LogP contribution is 2.33. The van der Waals surface area contributed by atoms with E-state index in [2.05, 4.69) is 10.3 Å². The van der Waals surface area contributed by atoms with Crippen LogP contribution in [0.1, 0.15) is 25.3 Å². The number of nitrogens with one attached hydrogen (secondary N) is 1. The van der Waals surface area contributed by atoms with Gasteiger partial charge < -0.3 is 11.1 Å². The molecule has 1 rings (SSSR count). The number of alkyl halides is 3. The molecule has 0 aliphatic heterocycles. The Bertz CT molecular complexity index is 350. The van der Waals surface area contributed by atoms with Crippen LogP contribution >= 0.6 is 0 Å². The zero-order valence-electron chi connectivity index (χ0n) is 9.59. The monoisotopic (exact) mass is 247 g/mol. The van der Waals surface area contributed by atoms with Gasteiger partial charge in [0.25, 0.3) is 0 Å². The van der Waals surface area contributed by atoms with E-state index >= 15 is 0 Å². The molecular weight excluding hydrogens is 231 g/mol. The molecule has 0 saturated carbocycles. The van der Waals surface area contributed by atoms with Crippen molar-refractivity contribution in [1.29, 1.82) is 0 Å². The second kappa shape index (κ2) is 5.86. The van der Waals surface area contributed by atoms with Gasteiger partial charge in [-0.3, -0.25) is 0 Å². The molecular formula is C11H16F3N3. The van der Waals surface area contributed by atoms with Crippen LogP contribution in [0, 0.1) is 0 Å². The number of nitrogens with two attached hydrogens (primary N) is 1. The van der Waals surface area contributed by atoms with Crippen LogP contribution in [0.25, 0.3) is 0 Å². The second-order valence-corrected chi connectivity index (χ2v) is 3.94. The average molecular weight is 247 g/mol. The Morgan fingerprint density at radius 3 is 2.76 bits per heavy atom. The summed E-state index contributed by atoms with van der Waals surface area (Å²) in [5.41, 5.74) is 4.81. The van der Waals surface area contributed by atoms with Gasteiger partial charge in [0.1, 0.15) is 5.82 Å². The summed E-state index contributed by atoms with van der Waals surface area (Å²) in [6.45, 7) is 2.30. The largest absolute Gasteiger partial charge is 0.419 e. The van der Waals surface area contributed by atoms with E-state index in [-0.39, 0.29) is 11.9 Å². The number of rotatable bonds is 5. The first-order chi connectivity index (χ1) is 7.91. The van der Waals surface area contributed by atoms with E-state index in [1.165, 1.54) is 12.3 Å². The molecule has 96 valence electrons. The van der Waals surface area contributed by atoms with Gasteiger partial charge >= 0.3 is 6.18 Å². The molecule has 3 nitrogen and oxygen atoms in total. The third kappa shape index (κ3) is 4.60. The van der Waals surface area contributed by atoms with E-state index in [4.69, 9.17) is 5.73 Å². The van der Waals surface area contributed by atoms with Crippen LogP contribution in [0.5, 0.6) is 0 Å². The molecule has 0 aliphatic carbocycles. The van der Waals surface area contributed by atoms with Gasteiger partial charge in [-0.2, -0.15) is 13.2 Å². The van der Waals surface area contributed by atoms with Crippen molar-refractivity contribution in [3.63, 3.8) is 0 Å². The van der Waals surface area contributed by atoms with E-state index in [1.807, 2.05) is 6.92 Å². The highest BCUT2D eigenvalue weighted by molar-refractivity contribution is 5.45. The number of hydrogen-bond acceptors (Lipinski definition) is 3. The third-order valence-electron chi connectivity index (χ3n) is 2.24. The lowest BCUT2D eigenvalue weighted by molar-refractivity contribution is -0.137. The van der Waals surface area contributed by atoms with Gasteiger partial charge in [-0.25, -0.2) is 4.98 Å². The maximum Gasteiger partial charge on any atom is 0.419 e. The molecule has 17 heavy (non-hydrogen) atoms. The number of hydrogen-bond donors (Lipinski definition) is 2. The van der Waals surface area contributed by atoms with Crippen molar-refractivity contribution in [3.05, 3.63) is 23.9 Å². The van der Waals surface area contributed by atoms with Crippen LogP contribution in [0.4, 0.5) is 19.0 Å². The van der Waals surface area contributed by atoms with Gasteiger partial charge in [-0.05, 0) is 31.9 Å². The summed E-state index contributed by atoms with van der Waals surface area (Å²) in [5, 5.41) is 2.69. The smallest absolute Gasteiger partial charge is 0.370 e. The standard InChI is InChI=1S/C11H16F3N3/c1-8(15)4-2-6-16-10-9(11(12,13)14)5-3-7-17-10/h3,5,7-8H,2,4,6,15H2,1H3,(H,16,17). The molecule has 0 radical (unpaired) electrons. The van der Waals surface area contributed by atoms with Crippen molar-refractivity contribution in [2.24, 2.45) is 5.73 Å². The molecule has 0 amide bonds. The van der Waals surface area contributed by atoms with Crippen LogP contribution in [0.15, 0.2) is 18.3 Å². The average Bonchev–Trinajstić information content (AvgIpc) is 2.23. The number of anilines is 1. The van der Waals surface area contributed by atoms with Crippen molar-refractivity contribution in [2.75, 3.05) is 11.9 Å². The van der Waals surface area contributed by atoms with E-state index in [0.717, 1.165) is 12.5 Å². The quantitative estimate of drug-likeness (QED) is 0.786. The molecule has 3 N–H and O–H groups in total. The maximum atomic E-state index is 12.6. The lowest BCUT2D eigenvalue weighted by Gasteiger charge is -2.13. The predicted molar refractivity (Wildman–Crippen MR) is 60.6 cm³/mol. The minimum absolute atomic E-state index is 0.0580. The van der Waals surface area contributed by atoms with Crippen molar-refractivity contribution in [1.82, 2.24) is 4.98 Å². The van der Waals surface area contributed by atoms with Crippen LogP contribution in [-0.4, -0.2) is 17.6 Å². The van der Waals surface area contributed by atoms with Crippen molar-refractivity contribution < 1.29 is 13.2 Å². The Labute approximate surface area is 98.2 Å². The Hall–Kier alpha value is -1.30. The first-order valence-corrected chi connectivity index (χ1v) is 5.43. The fourth-order valence-corrected chi connectivity index (χ4v) is 1.41. The molecule has 0 aromatic carbocycles. The summed E-state index contributed by atoms with van der Waals surface area (Å²) in [5.74, 6) is -0.121. The van der Waals surface area contributed by atoms with Gasteiger partial charge in [-0.1, -0.05) is 0 Å². The van der Waals surface area contributed by atoms with Crippen molar-refractivity contribution in [2.45, 2.75) is 32.0 Å². The molecule has 0 saturated heterocycles. The molecule has 6 heteroatoms. The Morgan fingerprint density at radius 2 is 2.18 bits per heavy atom. The third-order valence-corrected chi connectivity index (χ3v) is 2.24. The second-order valence-electron chi connectivity index (χ2n) is 3.94. The van der Waals surface area contributed by atoms with Gasteiger partial charge in [0.15, 0.2) is 0 Å². The molecule has 1 heterocycles. The van der Waals surface area contributed by atoms with E-state index in [0.29, 0.717) is 13.0 Å². The molecule has 0 spiro atoms. The minimum Gasteiger partial charge on any atom is -0.370 e. The molecule has 0 bridgehead atoms. The van der Waals surface area contributed by atoms with Crippen LogP contribution in [-0.2, 0) is 6.18 Å². The van der Waals surface area contributed by atoms with Crippen LogP contribution in [0.3, 0.4) is 0 Å². The number of halogens is 3. The zero-order chi connectivity index (χ0) is 12.9. The topological polar surface area (TPSA) is 50.9 Å². The molecule has 1 aromatic heterocycles. The summed E-state index contributed by atoms with van der Waals surface area (Å²) in [6, 6.07) is 2.35. The van der Waals surface area contributed by atoms with Gasteiger partial charge in [-0.15, -0.1) is 0 Å². The summed E-state index contributed by atoms with van der Waals surface area (Å²) in [4.78, 5) is 3.70. The predicted octanol–water partition coefficient (Wildman–Crippen LogP) is 2.64. The summed E-state index contributed by atoms with van der Waals surface area (Å²) >= 11 is 0. The normalized spacial score (nSPS) is 13.5. The summed E-state index contributed by atoms with van der Waals surface area (Å²) in [6.07, 6.45) is -1.56. The minimum atomic E-state index is -4.38. The Balaban J connectivity index is 2.59. The summed E-state index contributed by atoms with van der Waals surface area (Å²) < 4.78 is 37.8. The highest BCUT2D eigenvalue weighted by atomic mass is 19.4. The maximum absolute atomic E-state index is 12.6. The first kappa shape index (κ1) is 13.8. The molecule has 0 fully saturated rings. The van der Waals surface area contributed by atoms with Gasteiger partial charge in [0.05, 0.1) is 5.56 Å². The van der Waals surface area contributed by atoms with Gasteiger partial charge in [0.2, 0.25) is 0 Å². The van der Waals surface area contributed by atoms with E-state index in [1.54, 1.807) is 0 Å². The summed E-state index contributed by atoms with van der Waals surface area (Å²) in [7, 11) is 0. The Morgan fingerprint density at radius 1 is 1.47 bits per heavy atom. The lowest BCUT2D eigenvalue weighted by Crippen LogP contribution is -2.17. The highest BCUT2D eigenvalue weighted by Gasteiger charge is 2.33. The van der Waals surface area contributed by atoms with Crippen LogP contribution < -0.4 is 11.1 Å². The fourth-order valence-electron chi connectivity index (χ4n) is 1.41. The molecule has 1 unspecified atom stereocenters.